The van der Waals surface area contributed by atoms with Crippen LogP contribution in [0.2, 0.25) is 0 Å². The van der Waals surface area contributed by atoms with Gasteiger partial charge in [0.1, 0.15) is 11.6 Å². The molecule has 148 valence electrons. The molecule has 0 saturated heterocycles. The third kappa shape index (κ3) is 3.88. The van der Waals surface area contributed by atoms with Crippen molar-refractivity contribution in [3.63, 3.8) is 0 Å². The van der Waals surface area contributed by atoms with Gasteiger partial charge in [-0.3, -0.25) is 0 Å². The van der Waals surface area contributed by atoms with Gasteiger partial charge in [0.2, 0.25) is 5.88 Å². The SMILES string of the molecule is Cc1cc(F)cc(C)c1Oc1ncc(C(O)(C(F)(F)F)C(F)(F)F)cc1Br. The van der Waals surface area contributed by atoms with E-state index in [-0.39, 0.29) is 22.3 Å². The monoisotopic (exact) mass is 461 g/mol. The minimum absolute atomic E-state index is 0.138. The zero-order valence-corrected chi connectivity index (χ0v) is 15.2. The molecule has 0 aliphatic heterocycles. The molecular weight excluding hydrogens is 451 g/mol. The molecule has 0 amide bonds. The van der Waals surface area contributed by atoms with Crippen LogP contribution in [-0.4, -0.2) is 22.4 Å². The molecule has 0 fully saturated rings. The molecule has 1 N–H and O–H groups in total. The fourth-order valence-electron chi connectivity index (χ4n) is 2.34. The highest BCUT2D eigenvalue weighted by Gasteiger charge is 2.71. The third-order valence-electron chi connectivity index (χ3n) is 3.67. The average Bonchev–Trinajstić information content (AvgIpc) is 2.48. The van der Waals surface area contributed by atoms with Gasteiger partial charge in [-0.2, -0.15) is 26.3 Å². The van der Waals surface area contributed by atoms with Crippen molar-refractivity contribution >= 4 is 15.9 Å². The van der Waals surface area contributed by atoms with Crippen LogP contribution in [0.15, 0.2) is 28.9 Å². The van der Waals surface area contributed by atoms with Gasteiger partial charge in [-0.1, -0.05) is 0 Å². The molecule has 0 aliphatic carbocycles. The molecule has 0 spiro atoms. The van der Waals surface area contributed by atoms with Crippen molar-refractivity contribution < 1.29 is 40.6 Å². The Labute approximate surface area is 156 Å². The van der Waals surface area contributed by atoms with E-state index in [1.165, 1.54) is 13.8 Å². The number of benzene rings is 1. The predicted molar refractivity (Wildman–Crippen MR) is 83.9 cm³/mol. The van der Waals surface area contributed by atoms with Crippen molar-refractivity contribution in [2.75, 3.05) is 0 Å². The number of aliphatic hydroxyl groups is 1. The molecule has 0 unspecified atom stereocenters. The first-order chi connectivity index (χ1) is 12.2. The summed E-state index contributed by atoms with van der Waals surface area (Å²) < 4.78 is 95.9. The molecule has 27 heavy (non-hydrogen) atoms. The van der Waals surface area contributed by atoms with Crippen molar-refractivity contribution in [2.45, 2.75) is 31.8 Å². The number of alkyl halides is 6. The van der Waals surface area contributed by atoms with Crippen molar-refractivity contribution in [1.29, 1.82) is 0 Å². The quantitative estimate of drug-likeness (QED) is 0.595. The highest BCUT2D eigenvalue weighted by Crippen LogP contribution is 2.50. The Morgan fingerprint density at radius 2 is 1.44 bits per heavy atom. The van der Waals surface area contributed by atoms with Crippen LogP contribution in [0.4, 0.5) is 30.7 Å². The molecule has 1 heterocycles. The second-order valence-corrected chi connectivity index (χ2v) is 6.54. The van der Waals surface area contributed by atoms with E-state index in [0.717, 1.165) is 12.1 Å². The predicted octanol–water partition coefficient (Wildman–Crippen LogP) is 5.70. The van der Waals surface area contributed by atoms with Gasteiger partial charge >= 0.3 is 12.4 Å². The van der Waals surface area contributed by atoms with Crippen LogP contribution in [0.5, 0.6) is 11.6 Å². The summed E-state index contributed by atoms with van der Waals surface area (Å²) in [5, 5.41) is 9.39. The van der Waals surface area contributed by atoms with Gasteiger partial charge in [0.15, 0.2) is 0 Å². The topological polar surface area (TPSA) is 42.4 Å². The number of nitrogens with zero attached hydrogens (tertiary/aromatic N) is 1. The molecule has 2 rings (SSSR count). The Hall–Kier alpha value is -1.88. The van der Waals surface area contributed by atoms with E-state index in [2.05, 4.69) is 20.9 Å². The maximum atomic E-state index is 13.3. The van der Waals surface area contributed by atoms with Crippen LogP contribution < -0.4 is 4.74 Å². The van der Waals surface area contributed by atoms with E-state index in [0.29, 0.717) is 17.2 Å². The van der Waals surface area contributed by atoms with Crippen LogP contribution >= 0.6 is 15.9 Å². The summed E-state index contributed by atoms with van der Waals surface area (Å²) in [5.41, 5.74) is -5.95. The van der Waals surface area contributed by atoms with Gasteiger partial charge in [0.25, 0.3) is 5.60 Å². The van der Waals surface area contributed by atoms with E-state index >= 15 is 0 Å². The molecule has 1 aromatic heterocycles. The first-order valence-electron chi connectivity index (χ1n) is 7.15. The van der Waals surface area contributed by atoms with Crippen molar-refractivity contribution in [2.24, 2.45) is 0 Å². The van der Waals surface area contributed by atoms with Gasteiger partial charge in [0, 0.05) is 11.8 Å². The summed E-state index contributed by atoms with van der Waals surface area (Å²) in [6.07, 6.45) is -11.8. The van der Waals surface area contributed by atoms with Crippen LogP contribution in [-0.2, 0) is 5.60 Å². The Morgan fingerprint density at radius 1 is 0.963 bits per heavy atom. The molecule has 0 bridgehead atoms. The van der Waals surface area contributed by atoms with Gasteiger partial charge in [0.05, 0.1) is 4.47 Å². The summed E-state index contributed by atoms with van der Waals surface area (Å²) in [6.45, 7) is 3.00. The molecule has 11 heteroatoms. The van der Waals surface area contributed by atoms with Crippen LogP contribution in [0.1, 0.15) is 16.7 Å². The van der Waals surface area contributed by atoms with Crippen molar-refractivity contribution in [1.82, 2.24) is 4.98 Å². The zero-order chi connectivity index (χ0) is 20.8. The van der Waals surface area contributed by atoms with E-state index in [4.69, 9.17) is 4.74 Å². The lowest BCUT2D eigenvalue weighted by Gasteiger charge is -2.32. The van der Waals surface area contributed by atoms with Crippen LogP contribution in [0.25, 0.3) is 0 Å². The molecule has 0 atom stereocenters. The molecule has 0 aliphatic rings. The Balaban J connectivity index is 2.50. The van der Waals surface area contributed by atoms with E-state index < -0.39 is 29.3 Å². The lowest BCUT2D eigenvalue weighted by atomic mass is 9.94. The third-order valence-corrected chi connectivity index (χ3v) is 4.24. The largest absolute Gasteiger partial charge is 0.437 e. The highest BCUT2D eigenvalue weighted by molar-refractivity contribution is 9.10. The average molecular weight is 462 g/mol. The summed E-state index contributed by atoms with van der Waals surface area (Å²) in [7, 11) is 0. The van der Waals surface area contributed by atoms with Crippen molar-refractivity contribution in [3.05, 3.63) is 51.4 Å². The van der Waals surface area contributed by atoms with E-state index in [1.807, 2.05) is 0 Å². The molecule has 0 saturated carbocycles. The lowest BCUT2D eigenvalue weighted by molar-refractivity contribution is -0.376. The summed E-state index contributed by atoms with van der Waals surface area (Å²) in [5.74, 6) is -0.761. The Morgan fingerprint density at radius 3 is 1.85 bits per heavy atom. The van der Waals surface area contributed by atoms with Gasteiger partial charge in [-0.15, -0.1) is 0 Å². The van der Waals surface area contributed by atoms with Crippen LogP contribution in [0, 0.1) is 19.7 Å². The molecule has 3 nitrogen and oxygen atoms in total. The number of pyridine rings is 1. The fourth-order valence-corrected chi connectivity index (χ4v) is 2.77. The Kier molecular flexibility index (Phi) is 5.50. The normalized spacial score (nSPS) is 13.0. The number of rotatable bonds is 3. The summed E-state index contributed by atoms with van der Waals surface area (Å²) in [4.78, 5) is 3.45. The number of aryl methyl sites for hydroxylation is 2. The molecule has 1 aromatic carbocycles. The number of hydrogen-bond acceptors (Lipinski definition) is 3. The maximum absolute atomic E-state index is 13.3. The minimum atomic E-state index is -6.03. The van der Waals surface area contributed by atoms with E-state index in [1.54, 1.807) is 0 Å². The zero-order valence-electron chi connectivity index (χ0n) is 13.6. The van der Waals surface area contributed by atoms with Gasteiger partial charge < -0.3 is 9.84 Å². The van der Waals surface area contributed by atoms with Crippen LogP contribution in [0.3, 0.4) is 0 Å². The molecule has 0 radical (unpaired) electrons. The first kappa shape index (κ1) is 21.4. The standard InChI is InChI=1S/C16H11BrF7NO2/c1-7-3-10(18)4-8(2)12(7)27-13-11(17)5-9(6-25-13)14(26,15(19,20)21)16(22,23)24/h3-6,26H,1-2H3. The smallest absolute Gasteiger partial charge is 0.430 e. The fraction of sp³-hybridized carbons (Fsp3) is 0.312. The van der Waals surface area contributed by atoms with Crippen molar-refractivity contribution in [3.8, 4) is 11.6 Å². The summed E-state index contributed by atoms with van der Waals surface area (Å²) in [6, 6.07) is 2.69. The Bertz CT molecular complexity index is 828. The number of halogens is 8. The second kappa shape index (κ2) is 6.93. The first-order valence-corrected chi connectivity index (χ1v) is 7.94. The minimum Gasteiger partial charge on any atom is -0.437 e. The lowest BCUT2D eigenvalue weighted by Crippen LogP contribution is -2.54. The molecular formula is C16H11BrF7NO2. The molecule has 2 aromatic rings. The maximum Gasteiger partial charge on any atom is 0.430 e. The summed E-state index contributed by atoms with van der Waals surface area (Å²) >= 11 is 2.79. The highest BCUT2D eigenvalue weighted by atomic mass is 79.9. The number of hydrogen-bond donors (Lipinski definition) is 1. The van der Waals surface area contributed by atoms with E-state index in [9.17, 15) is 35.8 Å². The number of aromatic nitrogens is 1. The number of ether oxygens (including phenoxy) is 1. The van der Waals surface area contributed by atoms with Gasteiger partial charge in [-0.25, -0.2) is 9.37 Å². The van der Waals surface area contributed by atoms with Gasteiger partial charge in [-0.05, 0) is 59.1 Å². The second-order valence-electron chi connectivity index (χ2n) is 5.69.